The molecule has 0 saturated carbocycles. The lowest BCUT2D eigenvalue weighted by Gasteiger charge is -2.19. The molecule has 0 radical (unpaired) electrons. The highest BCUT2D eigenvalue weighted by Gasteiger charge is 2.38. The molecular weight excluding hydrogens is 460 g/mol. The van der Waals surface area contributed by atoms with Crippen LogP contribution < -0.4 is 5.32 Å². The molecule has 0 aliphatic rings. The Kier molecular flexibility index (Phi) is 11.9. The smallest absolute Gasteiger partial charge is 0.475 e. The van der Waals surface area contributed by atoms with Crippen LogP contribution in [0.1, 0.15) is 24.8 Å². The van der Waals surface area contributed by atoms with Crippen molar-refractivity contribution in [3.05, 3.63) is 52.4 Å². The van der Waals surface area contributed by atoms with Crippen LogP contribution in [-0.2, 0) is 9.59 Å². The fraction of sp³-hybridized carbons (Fsp3) is 0.368. The van der Waals surface area contributed by atoms with Gasteiger partial charge in [-0.25, -0.2) is 9.18 Å². The summed E-state index contributed by atoms with van der Waals surface area (Å²) in [7, 11) is 3.45. The Morgan fingerprint density at radius 1 is 1.31 bits per heavy atom. The molecule has 0 atom stereocenters. The van der Waals surface area contributed by atoms with Crippen LogP contribution in [0.5, 0.6) is 0 Å². The average molecular weight is 483 g/mol. The number of carboxylic acids is 1. The number of unbranched alkanes of at least 4 members (excludes halogenated alkanes) is 2. The zero-order chi connectivity index (χ0) is 22.6. The van der Waals surface area contributed by atoms with Gasteiger partial charge in [0.1, 0.15) is 11.5 Å². The Hall–Kier alpha value is -2.36. The molecule has 1 aromatic carbocycles. The van der Waals surface area contributed by atoms with Crippen molar-refractivity contribution in [2.45, 2.75) is 25.4 Å². The van der Waals surface area contributed by atoms with E-state index in [4.69, 9.17) is 9.90 Å². The molecule has 0 aliphatic carbocycles. The van der Waals surface area contributed by atoms with Crippen LogP contribution in [-0.4, -0.2) is 48.7 Å². The normalized spacial score (nSPS) is 11.2. The van der Waals surface area contributed by atoms with E-state index in [0.29, 0.717) is 17.8 Å². The van der Waals surface area contributed by atoms with E-state index in [2.05, 4.69) is 27.8 Å². The van der Waals surface area contributed by atoms with E-state index in [1.807, 2.05) is 6.08 Å². The van der Waals surface area contributed by atoms with Crippen molar-refractivity contribution in [1.82, 2.24) is 10.2 Å². The van der Waals surface area contributed by atoms with E-state index >= 15 is 0 Å². The Morgan fingerprint density at radius 3 is 2.38 bits per heavy atom. The van der Waals surface area contributed by atoms with Crippen molar-refractivity contribution in [2.75, 3.05) is 20.6 Å². The van der Waals surface area contributed by atoms with E-state index < -0.39 is 12.1 Å². The summed E-state index contributed by atoms with van der Waals surface area (Å²) in [5, 5.41) is 10.0. The first kappa shape index (κ1) is 26.6. The Labute approximate surface area is 175 Å². The van der Waals surface area contributed by atoms with Gasteiger partial charge >= 0.3 is 12.1 Å². The monoisotopic (exact) mass is 482 g/mol. The summed E-state index contributed by atoms with van der Waals surface area (Å²) in [6, 6.07) is 4.38. The molecule has 29 heavy (non-hydrogen) atoms. The molecule has 0 aliphatic heterocycles. The third-order valence-electron chi connectivity index (χ3n) is 3.50. The van der Waals surface area contributed by atoms with Crippen molar-refractivity contribution in [3.8, 4) is 0 Å². The van der Waals surface area contributed by atoms with Gasteiger partial charge in [-0.05, 0) is 49.1 Å². The topological polar surface area (TPSA) is 69.6 Å². The van der Waals surface area contributed by atoms with Crippen molar-refractivity contribution < 1.29 is 32.3 Å². The van der Waals surface area contributed by atoms with Gasteiger partial charge in [-0.1, -0.05) is 22.0 Å². The lowest BCUT2D eigenvalue weighted by atomic mass is 10.1. The predicted molar refractivity (Wildman–Crippen MR) is 107 cm³/mol. The van der Waals surface area contributed by atoms with Gasteiger partial charge in [-0.3, -0.25) is 4.79 Å². The number of rotatable bonds is 8. The number of benzene rings is 1. The van der Waals surface area contributed by atoms with Gasteiger partial charge in [-0.15, -0.1) is 6.58 Å². The number of allylic oxidation sites excluding steroid dienone is 1. The Bertz CT molecular complexity index is 737. The summed E-state index contributed by atoms with van der Waals surface area (Å²) in [6.07, 6.45) is 1.33. The molecule has 0 unspecified atom stereocenters. The number of carboxylic acid groups (broad SMARTS) is 1. The van der Waals surface area contributed by atoms with Crippen molar-refractivity contribution in [3.63, 3.8) is 0 Å². The van der Waals surface area contributed by atoms with Crippen molar-refractivity contribution >= 4 is 33.9 Å². The van der Waals surface area contributed by atoms with Gasteiger partial charge in [0.2, 0.25) is 0 Å². The lowest BCUT2D eigenvalue weighted by Crippen LogP contribution is -2.33. The number of carbonyl (C=O) groups is 2. The number of aliphatic carboxylic acids is 1. The summed E-state index contributed by atoms with van der Waals surface area (Å²) in [5.41, 5.74) is 1.05. The van der Waals surface area contributed by atoms with E-state index in [-0.39, 0.29) is 11.7 Å². The summed E-state index contributed by atoms with van der Waals surface area (Å²) in [5.74, 6) is -3.21. The second kappa shape index (κ2) is 13.0. The van der Waals surface area contributed by atoms with Crippen LogP contribution >= 0.6 is 15.9 Å². The minimum Gasteiger partial charge on any atom is -0.475 e. The zero-order valence-electron chi connectivity index (χ0n) is 16.0. The number of amides is 1. The summed E-state index contributed by atoms with van der Waals surface area (Å²) in [6.45, 7) is 4.36. The number of nitrogens with one attached hydrogen (secondary N) is 1. The number of halogens is 5. The van der Waals surface area contributed by atoms with Crippen LogP contribution in [0.25, 0.3) is 6.08 Å². The molecule has 0 fully saturated rings. The molecule has 162 valence electrons. The summed E-state index contributed by atoms with van der Waals surface area (Å²) >= 11 is 3.36. The number of carbonyl (C=O) groups excluding carboxylic acids is 1. The second-order valence-corrected chi connectivity index (χ2v) is 6.64. The number of hydrogen-bond acceptors (Lipinski definition) is 3. The molecular formula is C19H23BrF4N2O3. The van der Waals surface area contributed by atoms with Gasteiger partial charge in [0.15, 0.2) is 0 Å². The number of likely N-dealkylation sites (N-methyl/N-ethyl adjacent to an activating group) is 2. The van der Waals surface area contributed by atoms with Crippen LogP contribution in [0.3, 0.4) is 0 Å². The first-order valence-corrected chi connectivity index (χ1v) is 9.24. The average Bonchev–Trinajstić information content (AvgIpc) is 2.64. The molecule has 0 aromatic heterocycles. The quantitative estimate of drug-likeness (QED) is 0.246. The highest BCUT2D eigenvalue weighted by atomic mass is 79.9. The number of nitrogens with zero attached hydrogens (tertiary/aromatic N) is 1. The standard InChI is InChI=1S/C17H22BrFN2O.C2HF3O2/c1-4-5-6-7-10-21(3)17(22)16(20-2)12-13-11-14(19)8-9-15(13)18;3-2(4,5)1(6)7/h4,8-9,11-12,20H,1,5-7,10H2,2-3H3;(H,6,7). The predicted octanol–water partition coefficient (Wildman–Crippen LogP) is 4.60. The van der Waals surface area contributed by atoms with E-state index in [9.17, 15) is 22.4 Å². The maximum atomic E-state index is 13.3. The third-order valence-corrected chi connectivity index (χ3v) is 4.22. The minimum atomic E-state index is -5.08. The first-order chi connectivity index (χ1) is 13.4. The molecule has 1 aromatic rings. The van der Waals surface area contributed by atoms with Crippen LogP contribution in [0.2, 0.25) is 0 Å². The molecule has 2 N–H and O–H groups in total. The van der Waals surface area contributed by atoms with E-state index in [1.165, 1.54) is 12.1 Å². The molecule has 0 saturated heterocycles. The SMILES string of the molecule is C=CCCCCN(C)C(=O)C(=Cc1cc(F)ccc1Br)NC.O=C(O)C(F)(F)F. The van der Waals surface area contributed by atoms with Gasteiger partial charge in [-0.2, -0.15) is 13.2 Å². The molecule has 1 amide bonds. The van der Waals surface area contributed by atoms with Crippen molar-refractivity contribution in [2.24, 2.45) is 0 Å². The highest BCUT2D eigenvalue weighted by Crippen LogP contribution is 2.20. The van der Waals surface area contributed by atoms with Crippen LogP contribution in [0, 0.1) is 5.82 Å². The number of alkyl halides is 3. The van der Waals surface area contributed by atoms with Gasteiger partial charge in [0.05, 0.1) is 0 Å². The summed E-state index contributed by atoms with van der Waals surface area (Å²) < 4.78 is 45.8. The van der Waals surface area contributed by atoms with Gasteiger partial charge in [0.25, 0.3) is 5.91 Å². The third kappa shape index (κ3) is 10.7. The lowest BCUT2D eigenvalue weighted by molar-refractivity contribution is -0.192. The largest absolute Gasteiger partial charge is 0.490 e. The molecule has 1 rings (SSSR count). The molecule has 0 bridgehead atoms. The fourth-order valence-electron chi connectivity index (χ4n) is 1.97. The highest BCUT2D eigenvalue weighted by molar-refractivity contribution is 9.10. The second-order valence-electron chi connectivity index (χ2n) is 5.79. The van der Waals surface area contributed by atoms with Crippen molar-refractivity contribution in [1.29, 1.82) is 0 Å². The van der Waals surface area contributed by atoms with Gasteiger partial charge < -0.3 is 15.3 Å². The molecule has 0 heterocycles. The minimum absolute atomic E-state index is 0.114. The molecule has 0 spiro atoms. The maximum absolute atomic E-state index is 13.3. The van der Waals surface area contributed by atoms with Gasteiger partial charge in [0, 0.05) is 25.1 Å². The van der Waals surface area contributed by atoms with Crippen LogP contribution in [0.15, 0.2) is 41.0 Å². The fourth-order valence-corrected chi connectivity index (χ4v) is 2.33. The van der Waals surface area contributed by atoms with Crippen LogP contribution in [0.4, 0.5) is 17.6 Å². The van der Waals surface area contributed by atoms with E-state index in [0.717, 1.165) is 23.7 Å². The zero-order valence-corrected chi connectivity index (χ0v) is 17.6. The Balaban J connectivity index is 0.000000956. The first-order valence-electron chi connectivity index (χ1n) is 8.45. The van der Waals surface area contributed by atoms with E-state index in [1.54, 1.807) is 31.1 Å². The molecule has 10 heteroatoms. The maximum Gasteiger partial charge on any atom is 0.490 e. The molecule has 5 nitrogen and oxygen atoms in total. The number of hydrogen-bond donors (Lipinski definition) is 2. The Morgan fingerprint density at radius 2 is 1.90 bits per heavy atom. The summed E-state index contributed by atoms with van der Waals surface area (Å²) in [4.78, 5) is 23.0.